The Balaban J connectivity index is 2.26. The van der Waals surface area contributed by atoms with Crippen molar-refractivity contribution in [1.29, 1.82) is 0 Å². The Morgan fingerprint density at radius 3 is 2.50 bits per heavy atom. The van der Waals surface area contributed by atoms with Crippen molar-refractivity contribution in [2.24, 2.45) is 0 Å². The highest BCUT2D eigenvalue weighted by Crippen LogP contribution is 2.26. The highest BCUT2D eigenvalue weighted by atomic mass is 16.6. The third kappa shape index (κ3) is 2.44. The van der Waals surface area contributed by atoms with Crippen molar-refractivity contribution < 1.29 is 9.84 Å². The molecule has 4 atom stereocenters. The van der Waals surface area contributed by atoms with Gasteiger partial charge in [-0.1, -0.05) is 6.92 Å². The fraction of sp³-hybridized carbons (Fsp3) is 1.00. The van der Waals surface area contributed by atoms with Crippen molar-refractivity contribution in [3.63, 3.8) is 0 Å². The van der Waals surface area contributed by atoms with Gasteiger partial charge in [-0.05, 0) is 26.8 Å². The molecule has 0 spiro atoms. The van der Waals surface area contributed by atoms with Crippen molar-refractivity contribution in [2.45, 2.75) is 51.0 Å². The summed E-state index contributed by atoms with van der Waals surface area (Å²) >= 11 is 0. The molecule has 0 aromatic rings. The Hall–Kier alpha value is -0.120. The number of epoxide rings is 1. The lowest BCUT2D eigenvalue weighted by Gasteiger charge is -2.16. The van der Waals surface area contributed by atoms with Crippen LogP contribution in [0.2, 0.25) is 0 Å². The molecule has 72 valence electrons. The molecule has 3 heteroatoms. The van der Waals surface area contributed by atoms with Crippen LogP contribution in [0.3, 0.4) is 0 Å². The van der Waals surface area contributed by atoms with Crippen LogP contribution in [0, 0.1) is 0 Å². The minimum Gasteiger partial charge on any atom is -0.393 e. The number of ether oxygens (including phenoxy) is 1. The number of hydrogen-bond donors (Lipinski definition) is 2. The SMILES string of the molecule is CCC(O)CC(NC)C1OC1C. The molecule has 0 bridgehead atoms. The fourth-order valence-electron chi connectivity index (χ4n) is 1.50. The van der Waals surface area contributed by atoms with E-state index in [0.717, 1.165) is 12.8 Å². The fourth-order valence-corrected chi connectivity index (χ4v) is 1.50. The molecular formula is C9H19NO2. The summed E-state index contributed by atoms with van der Waals surface area (Å²) in [6, 6.07) is 0.315. The second-order valence-corrected chi connectivity index (χ2v) is 3.50. The Morgan fingerprint density at radius 1 is 1.58 bits per heavy atom. The summed E-state index contributed by atoms with van der Waals surface area (Å²) in [5, 5.41) is 12.6. The topological polar surface area (TPSA) is 44.8 Å². The lowest BCUT2D eigenvalue weighted by molar-refractivity contribution is 0.139. The van der Waals surface area contributed by atoms with Crippen LogP contribution in [0.5, 0.6) is 0 Å². The summed E-state index contributed by atoms with van der Waals surface area (Å²) in [4.78, 5) is 0. The number of nitrogens with one attached hydrogen (secondary N) is 1. The molecule has 2 N–H and O–H groups in total. The van der Waals surface area contributed by atoms with Crippen LogP contribution in [-0.4, -0.2) is 36.5 Å². The number of aliphatic hydroxyl groups excluding tert-OH is 1. The zero-order valence-corrected chi connectivity index (χ0v) is 8.08. The van der Waals surface area contributed by atoms with Crippen molar-refractivity contribution in [3.8, 4) is 0 Å². The molecule has 4 unspecified atom stereocenters. The lowest BCUT2D eigenvalue weighted by Crippen LogP contribution is -2.35. The molecule has 1 fully saturated rings. The molecule has 1 heterocycles. The number of likely N-dealkylation sites (N-methyl/N-ethyl adjacent to an activating group) is 1. The van der Waals surface area contributed by atoms with E-state index in [1.54, 1.807) is 0 Å². The Kier molecular flexibility index (Phi) is 3.50. The van der Waals surface area contributed by atoms with Gasteiger partial charge in [-0.15, -0.1) is 0 Å². The maximum absolute atomic E-state index is 9.43. The van der Waals surface area contributed by atoms with Crippen molar-refractivity contribution in [3.05, 3.63) is 0 Å². The summed E-state index contributed by atoms with van der Waals surface area (Å²) in [6.07, 6.45) is 2.10. The van der Waals surface area contributed by atoms with Gasteiger partial charge < -0.3 is 15.2 Å². The first-order valence-electron chi connectivity index (χ1n) is 4.69. The second kappa shape index (κ2) is 4.21. The number of hydrogen-bond acceptors (Lipinski definition) is 3. The summed E-state index contributed by atoms with van der Waals surface area (Å²) < 4.78 is 5.34. The van der Waals surface area contributed by atoms with Gasteiger partial charge in [0.15, 0.2) is 0 Å². The molecule has 0 saturated carbocycles. The summed E-state index contributed by atoms with van der Waals surface area (Å²) in [6.45, 7) is 4.06. The van der Waals surface area contributed by atoms with Crippen LogP contribution in [0.1, 0.15) is 26.7 Å². The first kappa shape index (κ1) is 9.96. The van der Waals surface area contributed by atoms with Gasteiger partial charge in [-0.3, -0.25) is 0 Å². The van der Waals surface area contributed by atoms with Gasteiger partial charge in [0.2, 0.25) is 0 Å². The molecule has 1 aliphatic heterocycles. The predicted octanol–water partition coefficient (Wildman–Crippen LogP) is 0.523. The summed E-state index contributed by atoms with van der Waals surface area (Å²) in [5.74, 6) is 0. The summed E-state index contributed by atoms with van der Waals surface area (Å²) in [5.41, 5.74) is 0. The van der Waals surface area contributed by atoms with Crippen LogP contribution < -0.4 is 5.32 Å². The number of rotatable bonds is 5. The highest BCUT2D eigenvalue weighted by molar-refractivity contribution is 4.92. The highest BCUT2D eigenvalue weighted by Gasteiger charge is 2.40. The van der Waals surface area contributed by atoms with Crippen LogP contribution in [0.25, 0.3) is 0 Å². The van der Waals surface area contributed by atoms with E-state index in [-0.39, 0.29) is 6.10 Å². The molecule has 1 rings (SSSR count). The molecule has 12 heavy (non-hydrogen) atoms. The zero-order chi connectivity index (χ0) is 9.14. The Bertz CT molecular complexity index is 140. The van der Waals surface area contributed by atoms with Gasteiger partial charge in [0.25, 0.3) is 0 Å². The van der Waals surface area contributed by atoms with E-state index in [2.05, 4.69) is 12.2 Å². The minimum absolute atomic E-state index is 0.196. The third-order valence-electron chi connectivity index (χ3n) is 2.52. The van der Waals surface area contributed by atoms with Gasteiger partial charge >= 0.3 is 0 Å². The summed E-state index contributed by atoms with van der Waals surface area (Å²) in [7, 11) is 1.92. The quantitative estimate of drug-likeness (QED) is 0.596. The van der Waals surface area contributed by atoms with E-state index < -0.39 is 0 Å². The molecular weight excluding hydrogens is 154 g/mol. The van der Waals surface area contributed by atoms with E-state index >= 15 is 0 Å². The molecule has 0 aliphatic carbocycles. The molecule has 3 nitrogen and oxygen atoms in total. The van der Waals surface area contributed by atoms with Gasteiger partial charge in [-0.2, -0.15) is 0 Å². The molecule has 0 aromatic carbocycles. The van der Waals surface area contributed by atoms with E-state index in [9.17, 15) is 5.11 Å². The van der Waals surface area contributed by atoms with Crippen molar-refractivity contribution in [1.82, 2.24) is 5.32 Å². The van der Waals surface area contributed by atoms with Crippen LogP contribution >= 0.6 is 0 Å². The third-order valence-corrected chi connectivity index (χ3v) is 2.52. The average molecular weight is 173 g/mol. The standard InChI is InChI=1S/C9H19NO2/c1-4-7(11)5-8(10-3)9-6(2)12-9/h6-11H,4-5H2,1-3H3. The molecule has 1 saturated heterocycles. The monoisotopic (exact) mass is 173 g/mol. The van der Waals surface area contributed by atoms with E-state index in [1.165, 1.54) is 0 Å². The minimum atomic E-state index is -0.196. The van der Waals surface area contributed by atoms with Gasteiger partial charge in [-0.25, -0.2) is 0 Å². The molecule has 0 amide bonds. The van der Waals surface area contributed by atoms with Gasteiger partial charge in [0.1, 0.15) is 0 Å². The van der Waals surface area contributed by atoms with Crippen LogP contribution in [0.15, 0.2) is 0 Å². The molecule has 1 aliphatic rings. The zero-order valence-electron chi connectivity index (χ0n) is 8.08. The Morgan fingerprint density at radius 2 is 2.17 bits per heavy atom. The van der Waals surface area contributed by atoms with E-state index in [4.69, 9.17) is 4.74 Å². The first-order valence-corrected chi connectivity index (χ1v) is 4.69. The van der Waals surface area contributed by atoms with Gasteiger partial charge in [0.05, 0.1) is 18.3 Å². The molecule has 0 radical (unpaired) electrons. The molecule has 0 aromatic heterocycles. The van der Waals surface area contributed by atoms with Crippen molar-refractivity contribution in [2.75, 3.05) is 7.05 Å². The first-order chi connectivity index (χ1) is 5.69. The van der Waals surface area contributed by atoms with Crippen LogP contribution in [0.4, 0.5) is 0 Å². The van der Waals surface area contributed by atoms with Crippen molar-refractivity contribution >= 4 is 0 Å². The lowest BCUT2D eigenvalue weighted by atomic mass is 10.0. The van der Waals surface area contributed by atoms with E-state index in [1.807, 2.05) is 14.0 Å². The maximum atomic E-state index is 9.43. The smallest absolute Gasteiger partial charge is 0.0992 e. The van der Waals surface area contributed by atoms with E-state index in [0.29, 0.717) is 18.2 Å². The Labute approximate surface area is 74.1 Å². The average Bonchev–Trinajstić information content (AvgIpc) is 2.77. The maximum Gasteiger partial charge on any atom is 0.0992 e. The van der Waals surface area contributed by atoms with Crippen LogP contribution in [-0.2, 0) is 4.74 Å². The van der Waals surface area contributed by atoms with Gasteiger partial charge in [0, 0.05) is 6.04 Å². The number of aliphatic hydroxyl groups is 1. The second-order valence-electron chi connectivity index (χ2n) is 3.50. The predicted molar refractivity (Wildman–Crippen MR) is 48.1 cm³/mol. The largest absolute Gasteiger partial charge is 0.393 e. The normalized spacial score (nSPS) is 33.0.